The molecular formula is C30H40N2O7S3. The molecule has 0 bridgehead atoms. The third-order valence-corrected chi connectivity index (χ3v) is 12.4. The molecule has 4 rings (SSSR count). The molecule has 42 heavy (non-hydrogen) atoms. The van der Waals surface area contributed by atoms with Crippen LogP contribution < -0.4 is 14.4 Å². The molecule has 0 aromatic heterocycles. The van der Waals surface area contributed by atoms with Gasteiger partial charge in [0.2, 0.25) is 10.0 Å². The van der Waals surface area contributed by atoms with E-state index in [0.29, 0.717) is 35.7 Å². The third kappa shape index (κ3) is 7.62. The maximum atomic E-state index is 14.1. The molecule has 0 saturated heterocycles. The van der Waals surface area contributed by atoms with E-state index < -0.39 is 31.2 Å². The highest BCUT2D eigenvalue weighted by Gasteiger charge is 2.42. The van der Waals surface area contributed by atoms with Gasteiger partial charge in [0.1, 0.15) is 5.75 Å². The lowest BCUT2D eigenvalue weighted by molar-refractivity contribution is -0.131. The first-order chi connectivity index (χ1) is 19.9. The van der Waals surface area contributed by atoms with Crippen LogP contribution in [0.2, 0.25) is 0 Å². The van der Waals surface area contributed by atoms with Crippen LogP contribution in [0.5, 0.6) is 5.75 Å². The topological polar surface area (TPSA) is 130 Å². The Morgan fingerprint density at radius 1 is 1.14 bits per heavy atom. The number of carboxylic acid groups (broad SMARTS) is 1. The number of nitrogens with one attached hydrogen (secondary N) is 1. The summed E-state index contributed by atoms with van der Waals surface area (Å²) in [6.07, 6.45) is 10.3. The van der Waals surface area contributed by atoms with Gasteiger partial charge in [-0.3, -0.25) is 4.72 Å². The van der Waals surface area contributed by atoms with Gasteiger partial charge in [0.15, 0.2) is 9.84 Å². The van der Waals surface area contributed by atoms with E-state index in [4.69, 9.17) is 9.84 Å². The van der Waals surface area contributed by atoms with Crippen molar-refractivity contribution in [2.45, 2.75) is 80.3 Å². The summed E-state index contributed by atoms with van der Waals surface area (Å²) in [6.45, 7) is 4.69. The SMILES string of the molecule is CCCCC1(CCCC)CN(c2ccc(NS(=O)(=O)C3CC3)cc2)c2cc(SC)c(O/C=C/C(=O)O)cc2S(=O)(=O)C1. The molecule has 0 amide bonds. The van der Waals surface area contributed by atoms with Crippen molar-refractivity contribution in [3.63, 3.8) is 0 Å². The van der Waals surface area contributed by atoms with Gasteiger partial charge in [-0.25, -0.2) is 21.6 Å². The van der Waals surface area contributed by atoms with Gasteiger partial charge < -0.3 is 14.7 Å². The van der Waals surface area contributed by atoms with Crippen molar-refractivity contribution in [3.05, 3.63) is 48.7 Å². The van der Waals surface area contributed by atoms with Crippen LogP contribution in [-0.4, -0.2) is 51.7 Å². The second-order valence-corrected chi connectivity index (χ2v) is 15.9. The van der Waals surface area contributed by atoms with Gasteiger partial charge in [-0.05, 0) is 62.3 Å². The minimum atomic E-state index is -3.77. The number of rotatable bonds is 14. The molecule has 1 fully saturated rings. The maximum Gasteiger partial charge on any atom is 0.331 e. The van der Waals surface area contributed by atoms with E-state index in [-0.39, 0.29) is 21.6 Å². The number of nitrogens with zero attached hydrogens (tertiary/aromatic N) is 1. The van der Waals surface area contributed by atoms with Crippen LogP contribution in [0, 0.1) is 5.41 Å². The number of anilines is 3. The summed E-state index contributed by atoms with van der Waals surface area (Å²) < 4.78 is 61.6. The van der Waals surface area contributed by atoms with Crippen LogP contribution in [0.15, 0.2) is 58.5 Å². The first-order valence-electron chi connectivity index (χ1n) is 14.3. The molecule has 1 aliphatic carbocycles. The highest BCUT2D eigenvalue weighted by molar-refractivity contribution is 7.98. The summed E-state index contributed by atoms with van der Waals surface area (Å²) in [5.41, 5.74) is 1.25. The van der Waals surface area contributed by atoms with Crippen LogP contribution in [0.25, 0.3) is 0 Å². The molecule has 9 nitrogen and oxygen atoms in total. The molecule has 1 heterocycles. The molecule has 12 heteroatoms. The van der Waals surface area contributed by atoms with E-state index in [1.807, 2.05) is 23.3 Å². The number of unbranched alkanes of at least 4 members (excludes halogenated alkanes) is 2. The first-order valence-corrected chi connectivity index (χ1v) is 18.8. The van der Waals surface area contributed by atoms with Gasteiger partial charge >= 0.3 is 5.97 Å². The summed E-state index contributed by atoms with van der Waals surface area (Å²) in [7, 11) is -7.19. The fraction of sp³-hybridized carbons (Fsp3) is 0.500. The summed E-state index contributed by atoms with van der Waals surface area (Å²) in [4.78, 5) is 13.8. The first kappa shape index (κ1) is 32.2. The molecule has 1 saturated carbocycles. The molecule has 0 radical (unpaired) electrons. The monoisotopic (exact) mass is 636 g/mol. The zero-order valence-corrected chi connectivity index (χ0v) is 26.8. The van der Waals surface area contributed by atoms with E-state index in [1.165, 1.54) is 17.8 Å². The van der Waals surface area contributed by atoms with Crippen LogP contribution in [-0.2, 0) is 24.7 Å². The second kappa shape index (κ2) is 13.3. The fourth-order valence-corrected chi connectivity index (χ4v) is 9.49. The number of ether oxygens (including phenoxy) is 1. The van der Waals surface area contributed by atoms with Crippen molar-refractivity contribution >= 4 is 54.7 Å². The van der Waals surface area contributed by atoms with Crippen molar-refractivity contribution in [2.75, 3.05) is 28.2 Å². The zero-order chi connectivity index (χ0) is 30.5. The number of sulfonamides is 1. The molecule has 230 valence electrons. The average Bonchev–Trinajstić information content (AvgIpc) is 3.80. The molecule has 2 N–H and O–H groups in total. The largest absolute Gasteiger partial charge is 0.478 e. The minimum Gasteiger partial charge on any atom is -0.478 e. The lowest BCUT2D eigenvalue weighted by atomic mass is 9.79. The molecule has 0 unspecified atom stereocenters. The number of hydrogen-bond acceptors (Lipinski definition) is 8. The maximum absolute atomic E-state index is 14.1. The number of carbonyl (C=O) groups is 1. The summed E-state index contributed by atoms with van der Waals surface area (Å²) in [5, 5.41) is 8.65. The van der Waals surface area contributed by atoms with Gasteiger partial charge in [-0.2, -0.15) is 0 Å². The number of hydrogen-bond donors (Lipinski definition) is 2. The number of carboxylic acids is 1. The van der Waals surface area contributed by atoms with E-state index in [1.54, 1.807) is 18.2 Å². The molecule has 0 atom stereocenters. The molecule has 0 spiro atoms. The zero-order valence-electron chi connectivity index (χ0n) is 24.3. The fourth-order valence-electron chi connectivity index (χ4n) is 5.45. The Kier molecular flexibility index (Phi) is 10.2. The van der Waals surface area contributed by atoms with Crippen LogP contribution in [0.3, 0.4) is 0 Å². The second-order valence-electron chi connectivity index (χ2n) is 11.2. The molecule has 2 aliphatic rings. The molecular weight excluding hydrogens is 597 g/mol. The predicted molar refractivity (Wildman–Crippen MR) is 168 cm³/mol. The van der Waals surface area contributed by atoms with Crippen LogP contribution in [0.4, 0.5) is 17.1 Å². The Balaban J connectivity index is 1.84. The number of benzene rings is 2. The molecule has 2 aromatic rings. The molecule has 1 aliphatic heterocycles. The Morgan fingerprint density at radius 3 is 2.33 bits per heavy atom. The van der Waals surface area contributed by atoms with Gasteiger partial charge in [0.25, 0.3) is 0 Å². The van der Waals surface area contributed by atoms with E-state index in [2.05, 4.69) is 18.6 Å². The van der Waals surface area contributed by atoms with Crippen molar-refractivity contribution in [1.82, 2.24) is 0 Å². The Labute approximate surface area is 253 Å². The highest BCUT2D eigenvalue weighted by atomic mass is 32.2. The molecule has 2 aromatic carbocycles. The van der Waals surface area contributed by atoms with E-state index in [0.717, 1.165) is 56.6 Å². The Bertz CT molecular complexity index is 1510. The standard InChI is InChI=1S/C30H40N2O7S3/c1-4-6-15-30(16-7-5-2)20-32(23-10-8-22(9-11-23)31-42(37,38)24-12-13-24)25-18-27(40-3)26(39-17-14-29(33)34)19-28(25)41(35,36)21-30/h8-11,14,17-19,24,31H,4-7,12-13,15-16,20-21H2,1-3H3,(H,33,34)/b17-14+. The summed E-state index contributed by atoms with van der Waals surface area (Å²) in [5.74, 6) is -0.915. The van der Waals surface area contributed by atoms with Crippen LogP contribution in [0.1, 0.15) is 65.2 Å². The van der Waals surface area contributed by atoms with Crippen molar-refractivity contribution in [3.8, 4) is 5.75 Å². The quantitative estimate of drug-likeness (QED) is 0.134. The Hall–Kier alpha value is -2.70. The van der Waals surface area contributed by atoms with E-state index in [9.17, 15) is 21.6 Å². The van der Waals surface area contributed by atoms with Gasteiger partial charge in [-0.15, -0.1) is 11.8 Å². The summed E-state index contributed by atoms with van der Waals surface area (Å²) in [6, 6.07) is 10.4. The van der Waals surface area contributed by atoms with Gasteiger partial charge in [0, 0.05) is 29.4 Å². The number of sulfone groups is 1. The van der Waals surface area contributed by atoms with E-state index >= 15 is 0 Å². The lowest BCUT2D eigenvalue weighted by Gasteiger charge is -2.37. The Morgan fingerprint density at radius 2 is 1.79 bits per heavy atom. The van der Waals surface area contributed by atoms with Crippen LogP contribution >= 0.6 is 11.8 Å². The minimum absolute atomic E-state index is 0.00814. The lowest BCUT2D eigenvalue weighted by Crippen LogP contribution is -2.38. The van der Waals surface area contributed by atoms with Gasteiger partial charge in [-0.1, -0.05) is 39.5 Å². The number of thioether (sulfide) groups is 1. The van der Waals surface area contributed by atoms with Crippen molar-refractivity contribution < 1.29 is 31.5 Å². The predicted octanol–water partition coefficient (Wildman–Crippen LogP) is 6.58. The number of aliphatic carboxylic acids is 1. The summed E-state index contributed by atoms with van der Waals surface area (Å²) >= 11 is 1.37. The highest BCUT2D eigenvalue weighted by Crippen LogP contribution is 2.48. The van der Waals surface area contributed by atoms with Crippen molar-refractivity contribution in [1.29, 1.82) is 0 Å². The van der Waals surface area contributed by atoms with Gasteiger partial charge in [0.05, 0.1) is 38.8 Å². The normalized spacial score (nSPS) is 17.9. The number of fused-ring (bicyclic) bond motifs is 1. The average molecular weight is 637 g/mol. The smallest absolute Gasteiger partial charge is 0.331 e. The third-order valence-electron chi connectivity index (χ3n) is 7.79. The van der Waals surface area contributed by atoms with Crippen molar-refractivity contribution in [2.24, 2.45) is 5.41 Å².